The lowest BCUT2D eigenvalue weighted by atomic mass is 10.0. The SMILES string of the molecule is CCOc1ccc(S(=O)(=O)NCCC(=O)NC(CC)c2ccccc2OC)cc1. The molecule has 0 radical (unpaired) electrons. The molecule has 0 bridgehead atoms. The number of carbonyl (C=O) groups is 1. The molecule has 2 aromatic carbocycles. The summed E-state index contributed by atoms with van der Waals surface area (Å²) in [6, 6.07) is 13.4. The summed E-state index contributed by atoms with van der Waals surface area (Å²) in [7, 11) is -2.10. The molecule has 2 rings (SSSR count). The first-order valence-electron chi connectivity index (χ1n) is 9.56. The fourth-order valence-corrected chi connectivity index (χ4v) is 3.92. The van der Waals surface area contributed by atoms with Crippen LogP contribution in [0.25, 0.3) is 0 Å². The van der Waals surface area contributed by atoms with Gasteiger partial charge in [0.2, 0.25) is 15.9 Å². The highest BCUT2D eigenvalue weighted by Crippen LogP contribution is 2.26. The Morgan fingerprint density at radius 3 is 2.38 bits per heavy atom. The van der Waals surface area contributed by atoms with Crippen LogP contribution in [0.3, 0.4) is 0 Å². The van der Waals surface area contributed by atoms with Crippen molar-refractivity contribution in [1.29, 1.82) is 0 Å². The van der Waals surface area contributed by atoms with Gasteiger partial charge in [0.25, 0.3) is 0 Å². The number of ether oxygens (including phenoxy) is 2. The Balaban J connectivity index is 1.91. The van der Waals surface area contributed by atoms with Crippen molar-refractivity contribution in [3.63, 3.8) is 0 Å². The second-order valence-corrected chi connectivity index (χ2v) is 8.09. The van der Waals surface area contributed by atoms with Gasteiger partial charge >= 0.3 is 0 Å². The molecule has 0 aliphatic heterocycles. The Kier molecular flexibility index (Phi) is 8.48. The zero-order valence-electron chi connectivity index (χ0n) is 17.0. The van der Waals surface area contributed by atoms with Crippen LogP contribution in [0.5, 0.6) is 11.5 Å². The second-order valence-electron chi connectivity index (χ2n) is 6.32. The van der Waals surface area contributed by atoms with Crippen LogP contribution < -0.4 is 19.5 Å². The summed E-state index contributed by atoms with van der Waals surface area (Å²) in [4.78, 5) is 12.4. The molecule has 0 aliphatic rings. The van der Waals surface area contributed by atoms with Gasteiger partial charge in [0.1, 0.15) is 11.5 Å². The number of amides is 1. The lowest BCUT2D eigenvalue weighted by molar-refractivity contribution is -0.121. The van der Waals surface area contributed by atoms with Crippen molar-refractivity contribution < 1.29 is 22.7 Å². The number of methoxy groups -OCH3 is 1. The zero-order chi connectivity index (χ0) is 21.3. The zero-order valence-corrected chi connectivity index (χ0v) is 17.8. The van der Waals surface area contributed by atoms with Crippen molar-refractivity contribution in [3.8, 4) is 11.5 Å². The van der Waals surface area contributed by atoms with E-state index in [1.54, 1.807) is 19.2 Å². The second kappa shape index (κ2) is 10.8. The normalized spacial score (nSPS) is 12.2. The summed E-state index contributed by atoms with van der Waals surface area (Å²) < 4.78 is 37.9. The summed E-state index contributed by atoms with van der Waals surface area (Å²) in [5, 5.41) is 2.93. The molecule has 2 N–H and O–H groups in total. The van der Waals surface area contributed by atoms with Gasteiger partial charge in [0.15, 0.2) is 0 Å². The highest BCUT2D eigenvalue weighted by molar-refractivity contribution is 7.89. The van der Waals surface area contributed by atoms with E-state index in [1.807, 2.05) is 38.1 Å². The third kappa shape index (κ3) is 6.47. The summed E-state index contributed by atoms with van der Waals surface area (Å²) in [6.07, 6.45) is 0.714. The van der Waals surface area contributed by atoms with Gasteiger partial charge in [-0.1, -0.05) is 25.1 Å². The summed E-state index contributed by atoms with van der Waals surface area (Å²) in [5.74, 6) is 1.07. The smallest absolute Gasteiger partial charge is 0.240 e. The first-order chi connectivity index (χ1) is 13.9. The van der Waals surface area contributed by atoms with E-state index in [4.69, 9.17) is 9.47 Å². The molecule has 0 aliphatic carbocycles. The number of para-hydroxylation sites is 1. The van der Waals surface area contributed by atoms with Crippen LogP contribution in [-0.2, 0) is 14.8 Å². The fourth-order valence-electron chi connectivity index (χ4n) is 2.88. The largest absolute Gasteiger partial charge is 0.496 e. The first-order valence-corrected chi connectivity index (χ1v) is 11.0. The Labute approximate surface area is 172 Å². The van der Waals surface area contributed by atoms with Gasteiger partial charge in [0.05, 0.1) is 24.7 Å². The summed E-state index contributed by atoms with van der Waals surface area (Å²) >= 11 is 0. The van der Waals surface area contributed by atoms with Gasteiger partial charge in [-0.25, -0.2) is 13.1 Å². The van der Waals surface area contributed by atoms with Crippen LogP contribution in [-0.4, -0.2) is 34.6 Å². The van der Waals surface area contributed by atoms with E-state index < -0.39 is 10.0 Å². The number of sulfonamides is 1. The highest BCUT2D eigenvalue weighted by atomic mass is 32.2. The van der Waals surface area contributed by atoms with E-state index in [9.17, 15) is 13.2 Å². The maximum atomic E-state index is 12.4. The molecule has 0 saturated heterocycles. The number of rotatable bonds is 11. The summed E-state index contributed by atoms with van der Waals surface area (Å²) in [6.45, 7) is 4.33. The third-order valence-electron chi connectivity index (χ3n) is 4.35. The molecule has 0 saturated carbocycles. The molecule has 1 amide bonds. The van der Waals surface area contributed by atoms with Crippen molar-refractivity contribution in [2.45, 2.75) is 37.6 Å². The number of carbonyl (C=O) groups excluding carboxylic acids is 1. The van der Waals surface area contributed by atoms with Crippen molar-refractivity contribution >= 4 is 15.9 Å². The van der Waals surface area contributed by atoms with E-state index in [0.717, 1.165) is 5.56 Å². The number of hydrogen-bond acceptors (Lipinski definition) is 5. The Hall–Kier alpha value is -2.58. The minimum absolute atomic E-state index is 0.00371. The molecule has 0 aromatic heterocycles. The van der Waals surface area contributed by atoms with Crippen LogP contribution in [0.15, 0.2) is 53.4 Å². The quantitative estimate of drug-likeness (QED) is 0.583. The molecule has 7 nitrogen and oxygen atoms in total. The lowest BCUT2D eigenvalue weighted by Crippen LogP contribution is -2.33. The maximum absolute atomic E-state index is 12.4. The number of hydrogen-bond donors (Lipinski definition) is 2. The lowest BCUT2D eigenvalue weighted by Gasteiger charge is -2.20. The van der Waals surface area contributed by atoms with Crippen molar-refractivity contribution in [1.82, 2.24) is 10.0 Å². The Morgan fingerprint density at radius 1 is 1.07 bits per heavy atom. The molecule has 29 heavy (non-hydrogen) atoms. The van der Waals surface area contributed by atoms with E-state index in [0.29, 0.717) is 24.5 Å². The molecule has 158 valence electrons. The highest BCUT2D eigenvalue weighted by Gasteiger charge is 2.18. The predicted octanol–water partition coefficient (Wildman–Crippen LogP) is 3.03. The van der Waals surface area contributed by atoms with E-state index in [1.165, 1.54) is 12.1 Å². The average molecular weight is 421 g/mol. The van der Waals surface area contributed by atoms with Crippen LogP contribution >= 0.6 is 0 Å². The molecule has 1 atom stereocenters. The maximum Gasteiger partial charge on any atom is 0.240 e. The minimum atomic E-state index is -3.69. The molecular weight excluding hydrogens is 392 g/mol. The molecule has 2 aromatic rings. The number of nitrogens with one attached hydrogen (secondary N) is 2. The van der Waals surface area contributed by atoms with Gasteiger partial charge in [-0.05, 0) is 43.7 Å². The van der Waals surface area contributed by atoms with E-state index >= 15 is 0 Å². The topological polar surface area (TPSA) is 93.7 Å². The Morgan fingerprint density at radius 2 is 1.76 bits per heavy atom. The molecule has 0 spiro atoms. The van der Waals surface area contributed by atoms with E-state index in [2.05, 4.69) is 10.0 Å². The monoisotopic (exact) mass is 420 g/mol. The van der Waals surface area contributed by atoms with Crippen LogP contribution in [0, 0.1) is 0 Å². The molecule has 1 unspecified atom stereocenters. The predicted molar refractivity (Wildman–Crippen MR) is 112 cm³/mol. The van der Waals surface area contributed by atoms with Gasteiger partial charge in [-0.15, -0.1) is 0 Å². The van der Waals surface area contributed by atoms with Crippen LogP contribution in [0.4, 0.5) is 0 Å². The first kappa shape index (κ1) is 22.7. The molecule has 0 heterocycles. The van der Waals surface area contributed by atoms with Crippen molar-refractivity contribution in [2.75, 3.05) is 20.3 Å². The summed E-state index contributed by atoms with van der Waals surface area (Å²) in [5.41, 5.74) is 0.890. The van der Waals surface area contributed by atoms with Crippen LogP contribution in [0.2, 0.25) is 0 Å². The van der Waals surface area contributed by atoms with Crippen LogP contribution in [0.1, 0.15) is 38.3 Å². The van der Waals surface area contributed by atoms with Crippen molar-refractivity contribution in [2.24, 2.45) is 0 Å². The Bertz CT molecular complexity index is 898. The molecular formula is C21H28N2O5S. The van der Waals surface area contributed by atoms with Crippen molar-refractivity contribution in [3.05, 3.63) is 54.1 Å². The average Bonchev–Trinajstić information content (AvgIpc) is 2.72. The van der Waals surface area contributed by atoms with Gasteiger partial charge in [-0.3, -0.25) is 4.79 Å². The molecule has 8 heteroatoms. The van der Waals surface area contributed by atoms with Gasteiger partial charge in [0, 0.05) is 18.5 Å². The van der Waals surface area contributed by atoms with Gasteiger partial charge < -0.3 is 14.8 Å². The standard InChI is InChI=1S/C21H28N2O5S/c1-4-19(18-8-6-7-9-20(18)27-3)23-21(24)14-15-22-29(25,26)17-12-10-16(11-13-17)28-5-2/h6-13,19,22H,4-5,14-15H2,1-3H3,(H,23,24). The van der Waals surface area contributed by atoms with Gasteiger partial charge in [-0.2, -0.15) is 0 Å². The number of benzene rings is 2. The van der Waals surface area contributed by atoms with E-state index in [-0.39, 0.29) is 29.8 Å². The molecule has 0 fully saturated rings. The minimum Gasteiger partial charge on any atom is -0.496 e. The fraction of sp³-hybridized carbons (Fsp3) is 0.381. The third-order valence-corrected chi connectivity index (χ3v) is 5.82.